The zero-order chi connectivity index (χ0) is 15.6. The van der Waals surface area contributed by atoms with Crippen LogP contribution in [-0.4, -0.2) is 10.1 Å². The molecular weight excluding hydrogens is 333 g/mol. The summed E-state index contributed by atoms with van der Waals surface area (Å²) in [5, 5.41) is 10.4. The van der Waals surface area contributed by atoms with Gasteiger partial charge in [0.15, 0.2) is 0 Å². The summed E-state index contributed by atoms with van der Waals surface area (Å²) in [5.74, 6) is 0.928. The van der Waals surface area contributed by atoms with E-state index in [2.05, 4.69) is 4.98 Å². The van der Waals surface area contributed by atoms with E-state index in [-0.39, 0.29) is 12.5 Å². The first-order chi connectivity index (χ1) is 9.90. The molecule has 0 aliphatic carbocycles. The molecule has 0 spiro atoms. The minimum atomic E-state index is -0.0896. The monoisotopic (exact) mass is 345 g/mol. The summed E-state index contributed by atoms with van der Waals surface area (Å²) in [6.07, 6.45) is 0. The molecule has 112 valence electrons. The van der Waals surface area contributed by atoms with E-state index >= 15 is 0 Å². The van der Waals surface area contributed by atoms with Crippen molar-refractivity contribution in [1.82, 2.24) is 4.98 Å². The molecule has 1 N–H and O–H groups in total. The van der Waals surface area contributed by atoms with Gasteiger partial charge in [0.05, 0.1) is 21.7 Å². The van der Waals surface area contributed by atoms with Gasteiger partial charge in [-0.2, -0.15) is 0 Å². The first-order valence-corrected chi connectivity index (χ1v) is 7.48. The van der Waals surface area contributed by atoms with E-state index in [0.29, 0.717) is 26.7 Å². The third-order valence-corrected chi connectivity index (χ3v) is 3.86. The molecule has 0 fully saturated rings. The normalized spacial score (nSPS) is 11.0. The summed E-state index contributed by atoms with van der Waals surface area (Å²) < 4.78 is 5.68. The lowest BCUT2D eigenvalue weighted by molar-refractivity contribution is 0.280. The molecule has 21 heavy (non-hydrogen) atoms. The van der Waals surface area contributed by atoms with Crippen LogP contribution in [0.1, 0.15) is 31.0 Å². The van der Waals surface area contributed by atoms with Gasteiger partial charge < -0.3 is 9.84 Å². The van der Waals surface area contributed by atoms with Gasteiger partial charge in [0.25, 0.3) is 0 Å². The Morgan fingerprint density at radius 2 is 1.71 bits per heavy atom. The number of aliphatic hydroxyl groups is 1. The van der Waals surface area contributed by atoms with Crippen molar-refractivity contribution in [1.29, 1.82) is 0 Å². The van der Waals surface area contributed by atoms with E-state index in [4.69, 9.17) is 39.5 Å². The van der Waals surface area contributed by atoms with Gasteiger partial charge in [0.1, 0.15) is 5.75 Å². The smallest absolute Gasteiger partial charge is 0.219 e. The van der Waals surface area contributed by atoms with E-state index in [1.165, 1.54) is 12.1 Å². The number of hydrogen-bond donors (Lipinski definition) is 1. The Hall–Kier alpha value is -1.000. The average Bonchev–Trinajstić information content (AvgIpc) is 2.44. The molecule has 0 radical (unpaired) electrons. The molecule has 0 unspecified atom stereocenters. The standard InChI is InChI=1S/C15H14Cl3NO2/c1-8(2)13-3-9(7-20)4-15(19-13)21-14-6-11(17)10(16)5-12(14)18/h3-6,8,20H,7H2,1-2H3. The molecule has 3 nitrogen and oxygen atoms in total. The quantitative estimate of drug-likeness (QED) is 0.748. The van der Waals surface area contributed by atoms with Crippen molar-refractivity contribution in [3.05, 3.63) is 50.6 Å². The summed E-state index contributed by atoms with van der Waals surface area (Å²) in [4.78, 5) is 4.40. The lowest BCUT2D eigenvalue weighted by Crippen LogP contribution is -1.99. The van der Waals surface area contributed by atoms with Crippen molar-refractivity contribution >= 4 is 34.8 Å². The molecule has 2 aromatic rings. The largest absolute Gasteiger partial charge is 0.437 e. The zero-order valence-corrected chi connectivity index (χ0v) is 13.8. The van der Waals surface area contributed by atoms with Crippen LogP contribution in [0.2, 0.25) is 15.1 Å². The highest BCUT2D eigenvalue weighted by molar-refractivity contribution is 6.43. The Morgan fingerprint density at radius 3 is 2.33 bits per heavy atom. The van der Waals surface area contributed by atoms with Crippen molar-refractivity contribution in [2.45, 2.75) is 26.4 Å². The highest BCUT2D eigenvalue weighted by Gasteiger charge is 2.11. The fourth-order valence-corrected chi connectivity index (χ4v) is 2.29. The van der Waals surface area contributed by atoms with Gasteiger partial charge in [0, 0.05) is 17.8 Å². The number of aliphatic hydroxyl groups excluding tert-OH is 1. The summed E-state index contributed by atoms with van der Waals surface area (Å²) in [5.41, 5.74) is 1.55. The first-order valence-electron chi connectivity index (χ1n) is 6.34. The summed E-state index contributed by atoms with van der Waals surface area (Å²) in [6.45, 7) is 3.94. The molecule has 6 heteroatoms. The molecule has 1 heterocycles. The molecule has 0 aliphatic heterocycles. The van der Waals surface area contributed by atoms with Gasteiger partial charge in [-0.1, -0.05) is 48.7 Å². The van der Waals surface area contributed by atoms with Gasteiger partial charge >= 0.3 is 0 Å². The van der Waals surface area contributed by atoms with Crippen LogP contribution < -0.4 is 4.74 Å². The Balaban J connectivity index is 2.39. The van der Waals surface area contributed by atoms with Crippen LogP contribution in [0.5, 0.6) is 11.6 Å². The van der Waals surface area contributed by atoms with Crippen molar-refractivity contribution in [3.8, 4) is 11.6 Å². The van der Waals surface area contributed by atoms with E-state index in [0.717, 1.165) is 11.3 Å². The van der Waals surface area contributed by atoms with E-state index < -0.39 is 0 Å². The maximum Gasteiger partial charge on any atom is 0.219 e. The number of benzene rings is 1. The fourth-order valence-electron chi connectivity index (χ4n) is 1.72. The highest BCUT2D eigenvalue weighted by Crippen LogP contribution is 2.36. The predicted octanol–water partition coefficient (Wildman–Crippen LogP) is 5.45. The fraction of sp³-hybridized carbons (Fsp3) is 0.267. The maximum absolute atomic E-state index is 9.32. The van der Waals surface area contributed by atoms with Crippen LogP contribution in [0.15, 0.2) is 24.3 Å². The molecule has 0 saturated heterocycles. The van der Waals surface area contributed by atoms with Gasteiger partial charge in [-0.25, -0.2) is 4.98 Å². The number of ether oxygens (including phenoxy) is 1. The van der Waals surface area contributed by atoms with Crippen LogP contribution in [-0.2, 0) is 6.61 Å². The molecule has 0 aliphatic rings. The SMILES string of the molecule is CC(C)c1cc(CO)cc(Oc2cc(Cl)c(Cl)cc2Cl)n1. The van der Waals surface area contributed by atoms with Crippen molar-refractivity contribution in [2.75, 3.05) is 0 Å². The van der Waals surface area contributed by atoms with E-state index in [1.807, 2.05) is 19.9 Å². The third-order valence-electron chi connectivity index (χ3n) is 2.84. The Morgan fingerprint density at radius 1 is 1.05 bits per heavy atom. The van der Waals surface area contributed by atoms with Crippen LogP contribution in [0.4, 0.5) is 0 Å². The van der Waals surface area contributed by atoms with Crippen LogP contribution >= 0.6 is 34.8 Å². The highest BCUT2D eigenvalue weighted by atomic mass is 35.5. The number of pyridine rings is 1. The summed E-state index contributed by atoms with van der Waals surface area (Å²) in [6, 6.07) is 6.55. The van der Waals surface area contributed by atoms with Gasteiger partial charge in [-0.15, -0.1) is 0 Å². The second kappa shape index (κ2) is 6.84. The maximum atomic E-state index is 9.32. The summed E-state index contributed by atoms with van der Waals surface area (Å²) >= 11 is 17.9. The number of nitrogens with zero attached hydrogens (tertiary/aromatic N) is 1. The number of hydrogen-bond acceptors (Lipinski definition) is 3. The Bertz CT molecular complexity index is 660. The molecule has 0 saturated carbocycles. The molecule has 1 aromatic carbocycles. The average molecular weight is 347 g/mol. The van der Waals surface area contributed by atoms with Gasteiger partial charge in [0.2, 0.25) is 5.88 Å². The number of rotatable bonds is 4. The first kappa shape index (κ1) is 16.4. The molecule has 2 rings (SSSR count). The second-order valence-electron chi connectivity index (χ2n) is 4.85. The van der Waals surface area contributed by atoms with Crippen LogP contribution in [0, 0.1) is 0 Å². The van der Waals surface area contributed by atoms with Gasteiger partial charge in [-0.3, -0.25) is 0 Å². The predicted molar refractivity (Wildman–Crippen MR) is 85.8 cm³/mol. The van der Waals surface area contributed by atoms with Crippen LogP contribution in [0.25, 0.3) is 0 Å². The Labute approximate surface area is 138 Å². The summed E-state index contributed by atoms with van der Waals surface area (Å²) in [7, 11) is 0. The number of aromatic nitrogens is 1. The zero-order valence-electron chi connectivity index (χ0n) is 11.5. The van der Waals surface area contributed by atoms with Crippen molar-refractivity contribution in [2.24, 2.45) is 0 Å². The molecule has 0 atom stereocenters. The van der Waals surface area contributed by atoms with Gasteiger partial charge in [-0.05, 0) is 23.6 Å². The molecule has 0 amide bonds. The molecule has 0 bridgehead atoms. The lowest BCUT2D eigenvalue weighted by atomic mass is 10.1. The molecule has 1 aromatic heterocycles. The third kappa shape index (κ3) is 4.01. The van der Waals surface area contributed by atoms with E-state index in [9.17, 15) is 5.11 Å². The minimum Gasteiger partial charge on any atom is -0.437 e. The van der Waals surface area contributed by atoms with Crippen molar-refractivity contribution in [3.63, 3.8) is 0 Å². The Kier molecular flexibility index (Phi) is 5.33. The number of halogens is 3. The lowest BCUT2D eigenvalue weighted by Gasteiger charge is -2.12. The minimum absolute atomic E-state index is 0.0896. The van der Waals surface area contributed by atoms with E-state index in [1.54, 1.807) is 6.07 Å². The van der Waals surface area contributed by atoms with Crippen LogP contribution in [0.3, 0.4) is 0 Å². The van der Waals surface area contributed by atoms with Crippen molar-refractivity contribution < 1.29 is 9.84 Å². The molecular formula is C15H14Cl3NO2. The topological polar surface area (TPSA) is 42.4 Å². The second-order valence-corrected chi connectivity index (χ2v) is 6.07.